The number of allylic oxidation sites excluding steroid dienone is 23. The van der Waals surface area contributed by atoms with Gasteiger partial charge in [-0.25, -0.2) is 0 Å². The number of nitrogens with one attached hydrogen (secondary N) is 1. The van der Waals surface area contributed by atoms with Gasteiger partial charge in [0.2, 0.25) is 5.91 Å². The molecule has 81 heavy (non-hydrogen) atoms. The largest absolute Gasteiger partial charge is 0.756 e. The minimum Gasteiger partial charge on any atom is -0.756 e. The first-order chi connectivity index (χ1) is 39.4. The first-order valence-corrected chi connectivity index (χ1v) is 33.6. The van der Waals surface area contributed by atoms with Crippen molar-refractivity contribution in [1.82, 2.24) is 5.32 Å². The molecule has 0 saturated heterocycles. The molecule has 1 amide bonds. The highest BCUT2D eigenvalue weighted by molar-refractivity contribution is 7.45. The quantitative estimate of drug-likeness (QED) is 0.0212. The molecule has 460 valence electrons. The highest BCUT2D eigenvalue weighted by Crippen LogP contribution is 2.38. The van der Waals surface area contributed by atoms with Crippen molar-refractivity contribution in [1.29, 1.82) is 0 Å². The third-order valence-electron chi connectivity index (χ3n) is 13.3. The van der Waals surface area contributed by atoms with Crippen LogP contribution in [0.3, 0.4) is 0 Å². The van der Waals surface area contributed by atoms with Crippen LogP contribution in [0.4, 0.5) is 0 Å². The number of likely N-dealkylation sites (N-methyl/N-ethyl adjacent to an activating group) is 1. The van der Waals surface area contributed by atoms with Gasteiger partial charge in [-0.3, -0.25) is 14.2 Å². The number of unbranched alkanes of at least 4 members (excludes halogenated alkanes) is 18. The molecular weight excluding hydrogens is 1020 g/mol. The average Bonchev–Trinajstić information content (AvgIpc) is 3.43. The second kappa shape index (κ2) is 59.1. The summed E-state index contributed by atoms with van der Waals surface area (Å²) in [6.45, 7) is 6.55. The summed E-state index contributed by atoms with van der Waals surface area (Å²) >= 11 is 0. The molecule has 0 heterocycles. The van der Waals surface area contributed by atoms with E-state index in [0.717, 1.165) is 148 Å². The van der Waals surface area contributed by atoms with E-state index >= 15 is 0 Å². The van der Waals surface area contributed by atoms with E-state index in [0.29, 0.717) is 23.9 Å². The van der Waals surface area contributed by atoms with Gasteiger partial charge < -0.3 is 28.5 Å². The molecule has 0 aliphatic heterocycles. The van der Waals surface area contributed by atoms with Crippen LogP contribution in [-0.4, -0.2) is 69.4 Å². The topological polar surface area (TPSA) is 114 Å². The predicted octanol–water partition coefficient (Wildman–Crippen LogP) is 19.6. The molecule has 0 saturated carbocycles. The van der Waals surface area contributed by atoms with E-state index in [2.05, 4.69) is 160 Å². The van der Waals surface area contributed by atoms with Gasteiger partial charge in [0.25, 0.3) is 7.82 Å². The lowest BCUT2D eigenvalue weighted by molar-refractivity contribution is -0.870. The number of carbonyl (C=O) groups excluding carboxylic acids is 2. The minimum atomic E-state index is -4.72. The van der Waals surface area contributed by atoms with Gasteiger partial charge in [-0.1, -0.05) is 244 Å². The van der Waals surface area contributed by atoms with E-state index in [1.54, 1.807) is 0 Å². The Kier molecular flexibility index (Phi) is 56.1. The summed E-state index contributed by atoms with van der Waals surface area (Å²) in [5.41, 5.74) is 0. The normalized spacial score (nSPS) is 14.6. The SMILES string of the molecule is CC/C=C\C/C=C\C/C=C\C/C=C\C/C=C\C/C=C\CCCCCCC(=O)NC(COP(=O)([O-])OCC[N+](C)(C)C)C(/C=C/CCCCCCCCCCC)OC(=O)CCCCCCC/C=C\C/C=C\C/C=C\C/C=C\C/C=C\CC. The number of phosphoric acid groups is 1. The van der Waals surface area contributed by atoms with E-state index in [-0.39, 0.29) is 31.3 Å². The summed E-state index contributed by atoms with van der Waals surface area (Å²) in [6.07, 6.45) is 85.3. The maximum atomic E-state index is 13.5. The fourth-order valence-corrected chi connectivity index (χ4v) is 9.10. The molecule has 0 bridgehead atoms. The zero-order valence-corrected chi connectivity index (χ0v) is 53.3. The van der Waals surface area contributed by atoms with Crippen LogP contribution in [0.2, 0.25) is 0 Å². The van der Waals surface area contributed by atoms with Crippen LogP contribution >= 0.6 is 7.82 Å². The van der Waals surface area contributed by atoms with E-state index in [4.69, 9.17) is 13.8 Å². The summed E-state index contributed by atoms with van der Waals surface area (Å²) in [5, 5.41) is 3.01. The first kappa shape index (κ1) is 76.9. The monoisotopic (exact) mass is 1140 g/mol. The Balaban J connectivity index is 5.28. The lowest BCUT2D eigenvalue weighted by atomic mass is 10.1. The smallest absolute Gasteiger partial charge is 0.306 e. The maximum Gasteiger partial charge on any atom is 0.306 e. The summed E-state index contributed by atoms with van der Waals surface area (Å²) in [5.74, 6) is -0.604. The van der Waals surface area contributed by atoms with Gasteiger partial charge in [0.1, 0.15) is 19.3 Å². The Morgan fingerprint density at radius 3 is 1.19 bits per heavy atom. The van der Waals surface area contributed by atoms with E-state index in [9.17, 15) is 19.0 Å². The summed E-state index contributed by atoms with van der Waals surface area (Å²) in [6, 6.07) is -0.922. The van der Waals surface area contributed by atoms with Gasteiger partial charge in [-0.15, -0.1) is 0 Å². The second-order valence-electron chi connectivity index (χ2n) is 22.1. The third kappa shape index (κ3) is 60.3. The molecule has 3 atom stereocenters. The highest BCUT2D eigenvalue weighted by Gasteiger charge is 2.27. The van der Waals surface area contributed by atoms with E-state index in [1.165, 1.54) is 44.9 Å². The maximum absolute atomic E-state index is 13.5. The van der Waals surface area contributed by atoms with Crippen molar-refractivity contribution < 1.29 is 37.3 Å². The van der Waals surface area contributed by atoms with Crippen LogP contribution in [0.15, 0.2) is 146 Å². The molecule has 0 rings (SSSR count). The lowest BCUT2D eigenvalue weighted by Gasteiger charge is -2.30. The molecule has 0 aromatic carbocycles. The van der Waals surface area contributed by atoms with E-state index < -0.39 is 26.6 Å². The van der Waals surface area contributed by atoms with Crippen LogP contribution < -0.4 is 10.2 Å². The molecule has 1 N–H and O–H groups in total. The lowest BCUT2D eigenvalue weighted by Crippen LogP contribution is -2.47. The number of hydrogen-bond donors (Lipinski definition) is 1. The zero-order valence-electron chi connectivity index (χ0n) is 52.4. The molecule has 0 fully saturated rings. The number of quaternary nitrogens is 1. The standard InChI is InChI=1S/C71H119N2O7P/c1-7-10-13-16-19-22-25-27-29-31-33-35-36-38-39-41-43-45-48-51-54-57-60-63-70(74)72-68(67-79-81(76,77)78-66-65-73(4,5)6)69(62-59-56-53-50-47-24-21-18-15-12-9-3)80-71(75)64-61-58-55-52-49-46-44-42-40-37-34-32-30-28-26-23-20-17-14-11-8-2/h10-11,13-14,19-20,22-23,27-30,33-35,37-39,42-45,59,62,68-69H,7-9,12,15-18,21,24-26,31-32,36,40-41,46-58,60-61,63-67H2,1-6H3,(H-,72,74,76,77)/b13-10-,14-11-,22-19-,23-20-,29-27-,30-28-,35-33-,37-34-,39-38-,44-42-,45-43-,62-59+. The molecule has 10 heteroatoms. The number of phosphoric ester groups is 1. The average molecular weight is 1140 g/mol. The number of hydrogen-bond acceptors (Lipinski definition) is 7. The fourth-order valence-electron chi connectivity index (χ4n) is 8.37. The summed E-state index contributed by atoms with van der Waals surface area (Å²) in [4.78, 5) is 40.0. The van der Waals surface area contributed by atoms with Crippen LogP contribution in [0.1, 0.15) is 239 Å². The number of ether oxygens (including phenoxy) is 1. The van der Waals surface area contributed by atoms with Crippen LogP contribution in [-0.2, 0) is 27.9 Å². The Hall–Kier alpha value is -4.11. The van der Waals surface area contributed by atoms with Crippen molar-refractivity contribution in [2.75, 3.05) is 40.9 Å². The molecular formula is C71H119N2O7P. The zero-order chi connectivity index (χ0) is 59.3. The Labute approximate surface area is 498 Å². The Morgan fingerprint density at radius 1 is 0.444 bits per heavy atom. The Morgan fingerprint density at radius 2 is 0.790 bits per heavy atom. The van der Waals surface area contributed by atoms with Crippen molar-refractivity contribution in [3.63, 3.8) is 0 Å². The van der Waals surface area contributed by atoms with Crippen molar-refractivity contribution in [3.8, 4) is 0 Å². The van der Waals surface area contributed by atoms with Crippen LogP contribution in [0.25, 0.3) is 0 Å². The number of amides is 1. The van der Waals surface area contributed by atoms with Crippen molar-refractivity contribution >= 4 is 19.7 Å². The molecule has 0 aliphatic rings. The van der Waals surface area contributed by atoms with Crippen LogP contribution in [0, 0.1) is 0 Å². The van der Waals surface area contributed by atoms with Gasteiger partial charge >= 0.3 is 5.97 Å². The van der Waals surface area contributed by atoms with Gasteiger partial charge in [0.15, 0.2) is 0 Å². The number of carbonyl (C=O) groups is 2. The molecule has 0 radical (unpaired) electrons. The number of rotatable bonds is 56. The van der Waals surface area contributed by atoms with Crippen LogP contribution in [0.5, 0.6) is 0 Å². The van der Waals surface area contributed by atoms with Crippen molar-refractivity contribution in [2.45, 2.75) is 251 Å². The summed E-state index contributed by atoms with van der Waals surface area (Å²) < 4.78 is 30.3. The van der Waals surface area contributed by atoms with Crippen molar-refractivity contribution in [3.05, 3.63) is 146 Å². The van der Waals surface area contributed by atoms with Gasteiger partial charge in [-0.05, 0) is 128 Å². The fraction of sp³-hybridized carbons (Fsp3) is 0.634. The predicted molar refractivity (Wildman–Crippen MR) is 348 cm³/mol. The molecule has 3 unspecified atom stereocenters. The molecule has 0 aromatic rings. The van der Waals surface area contributed by atoms with Gasteiger partial charge in [-0.2, -0.15) is 0 Å². The summed E-state index contributed by atoms with van der Waals surface area (Å²) in [7, 11) is 1.13. The second-order valence-corrected chi connectivity index (χ2v) is 23.6. The number of nitrogens with zero attached hydrogens (tertiary/aromatic N) is 1. The first-order valence-electron chi connectivity index (χ1n) is 32.1. The third-order valence-corrected chi connectivity index (χ3v) is 14.2. The number of esters is 1. The van der Waals surface area contributed by atoms with E-state index in [1.807, 2.05) is 33.3 Å². The highest BCUT2D eigenvalue weighted by atomic mass is 31.2. The minimum absolute atomic E-state index is 0.0398. The van der Waals surface area contributed by atoms with Gasteiger partial charge in [0.05, 0.1) is 33.8 Å². The van der Waals surface area contributed by atoms with Gasteiger partial charge in [0, 0.05) is 12.8 Å². The Bertz CT molecular complexity index is 1890. The molecule has 9 nitrogen and oxygen atoms in total. The molecule has 0 aromatic heterocycles. The molecule has 0 spiro atoms. The van der Waals surface area contributed by atoms with Crippen molar-refractivity contribution in [2.24, 2.45) is 0 Å². The molecule has 0 aliphatic carbocycles.